The number of nitrogens with two attached hydrogens (primary N) is 1. The molecule has 78 valence electrons. The molecule has 0 saturated heterocycles. The Labute approximate surface area is 90.1 Å². The van der Waals surface area contributed by atoms with Crippen LogP contribution in [0.5, 0.6) is 0 Å². The molecule has 0 atom stereocenters. The van der Waals surface area contributed by atoms with Gasteiger partial charge in [0.15, 0.2) is 0 Å². The number of rotatable bonds is 4. The van der Waals surface area contributed by atoms with Gasteiger partial charge in [0.05, 0.1) is 11.5 Å². The van der Waals surface area contributed by atoms with Crippen LogP contribution in [0, 0.1) is 0 Å². The summed E-state index contributed by atoms with van der Waals surface area (Å²) < 4.78 is 0. The first-order valence-electron chi connectivity index (χ1n) is 4.71. The van der Waals surface area contributed by atoms with E-state index in [0.29, 0.717) is 12.3 Å². The molecule has 3 nitrogen and oxygen atoms in total. The van der Waals surface area contributed by atoms with Crippen LogP contribution in [0.15, 0.2) is 46.4 Å². The van der Waals surface area contributed by atoms with Crippen molar-refractivity contribution in [2.24, 2.45) is 15.7 Å². The van der Waals surface area contributed by atoms with Crippen molar-refractivity contribution in [3.8, 4) is 0 Å². The van der Waals surface area contributed by atoms with E-state index >= 15 is 0 Å². The van der Waals surface area contributed by atoms with E-state index in [1.54, 1.807) is 7.05 Å². The fraction of sp³-hybridized carbons (Fsp3) is 0.167. The Hall–Kier alpha value is -1.90. The summed E-state index contributed by atoms with van der Waals surface area (Å²) in [6.07, 6.45) is 2.52. The van der Waals surface area contributed by atoms with Crippen molar-refractivity contribution in [1.82, 2.24) is 0 Å². The maximum Gasteiger partial charge on any atom is 0.0972 e. The van der Waals surface area contributed by atoms with Crippen LogP contribution in [0.2, 0.25) is 0 Å². The van der Waals surface area contributed by atoms with Gasteiger partial charge in [0.25, 0.3) is 0 Å². The van der Waals surface area contributed by atoms with Gasteiger partial charge in [0.1, 0.15) is 0 Å². The number of hydrogen-bond acceptors (Lipinski definition) is 2. The molecule has 2 N–H and O–H groups in total. The fourth-order valence-electron chi connectivity index (χ4n) is 1.18. The summed E-state index contributed by atoms with van der Waals surface area (Å²) in [4.78, 5) is 7.84. The molecule has 0 radical (unpaired) electrons. The van der Waals surface area contributed by atoms with E-state index in [1.807, 2.05) is 36.4 Å². The quantitative estimate of drug-likeness (QED) is 0.588. The monoisotopic (exact) mass is 201 g/mol. The van der Waals surface area contributed by atoms with Crippen molar-refractivity contribution in [2.75, 3.05) is 7.05 Å². The summed E-state index contributed by atoms with van der Waals surface area (Å²) in [5.41, 5.74) is 7.47. The van der Waals surface area contributed by atoms with E-state index < -0.39 is 0 Å². The van der Waals surface area contributed by atoms with Crippen LogP contribution >= 0.6 is 0 Å². The average Bonchev–Trinajstić information content (AvgIpc) is 2.31. The second-order valence-electron chi connectivity index (χ2n) is 3.03. The Balaban J connectivity index is 2.85. The van der Waals surface area contributed by atoms with Crippen LogP contribution in [-0.2, 0) is 0 Å². The third-order valence-corrected chi connectivity index (χ3v) is 2.03. The van der Waals surface area contributed by atoms with Gasteiger partial charge >= 0.3 is 0 Å². The van der Waals surface area contributed by atoms with Gasteiger partial charge in [-0.15, -0.1) is 0 Å². The summed E-state index contributed by atoms with van der Waals surface area (Å²) in [7, 11) is 1.67. The van der Waals surface area contributed by atoms with E-state index in [0.717, 1.165) is 11.3 Å². The van der Waals surface area contributed by atoms with E-state index in [1.165, 1.54) is 0 Å². The molecular formula is C12H15N3. The molecule has 0 fully saturated rings. The van der Waals surface area contributed by atoms with Gasteiger partial charge in [-0.3, -0.25) is 9.98 Å². The fourth-order valence-corrected chi connectivity index (χ4v) is 1.18. The number of amidine groups is 1. The first-order chi connectivity index (χ1) is 7.27. The van der Waals surface area contributed by atoms with Gasteiger partial charge in [-0.05, 0) is 12.3 Å². The van der Waals surface area contributed by atoms with Crippen molar-refractivity contribution in [3.63, 3.8) is 0 Å². The lowest BCUT2D eigenvalue weighted by Crippen LogP contribution is -2.09. The molecule has 0 aliphatic rings. The first-order valence-corrected chi connectivity index (χ1v) is 4.71. The molecule has 0 heterocycles. The van der Waals surface area contributed by atoms with E-state index in [-0.39, 0.29) is 0 Å². The normalized spacial score (nSPS) is 12.6. The largest absolute Gasteiger partial charge is 0.387 e. The second kappa shape index (κ2) is 5.75. The number of benzene rings is 1. The molecule has 0 saturated carbocycles. The highest BCUT2D eigenvalue weighted by molar-refractivity contribution is 5.83. The maximum atomic E-state index is 5.60. The van der Waals surface area contributed by atoms with Crippen LogP contribution in [0.4, 0.5) is 0 Å². The average molecular weight is 201 g/mol. The van der Waals surface area contributed by atoms with Gasteiger partial charge in [-0.1, -0.05) is 36.4 Å². The highest BCUT2D eigenvalue weighted by atomic mass is 14.8. The molecule has 1 aromatic carbocycles. The molecule has 0 aliphatic carbocycles. The lowest BCUT2D eigenvalue weighted by Gasteiger charge is -2.01. The van der Waals surface area contributed by atoms with Crippen molar-refractivity contribution >= 4 is 18.3 Å². The highest BCUT2D eigenvalue weighted by Gasteiger charge is 1.97. The summed E-state index contributed by atoms with van der Waals surface area (Å²) >= 11 is 0. The van der Waals surface area contributed by atoms with Gasteiger partial charge in [-0.2, -0.15) is 0 Å². The molecule has 0 aliphatic heterocycles. The molecule has 0 amide bonds. The molecule has 0 spiro atoms. The maximum absolute atomic E-state index is 5.60. The van der Waals surface area contributed by atoms with Gasteiger partial charge < -0.3 is 5.73 Å². The summed E-state index contributed by atoms with van der Waals surface area (Å²) in [5.74, 6) is 0.590. The van der Waals surface area contributed by atoms with Crippen molar-refractivity contribution < 1.29 is 0 Å². The number of nitrogens with zero attached hydrogens (tertiary/aromatic N) is 2. The zero-order valence-corrected chi connectivity index (χ0v) is 8.85. The Bertz CT molecular complexity index is 377. The van der Waals surface area contributed by atoms with Crippen LogP contribution in [-0.4, -0.2) is 19.6 Å². The van der Waals surface area contributed by atoms with E-state index in [9.17, 15) is 0 Å². The number of hydrogen-bond donors (Lipinski definition) is 1. The minimum Gasteiger partial charge on any atom is -0.387 e. The Kier molecular flexibility index (Phi) is 4.29. The molecule has 3 heteroatoms. The zero-order chi connectivity index (χ0) is 11.1. The van der Waals surface area contributed by atoms with Crippen LogP contribution in [0.25, 0.3) is 5.70 Å². The molecular weight excluding hydrogens is 186 g/mol. The number of aliphatic imine (C=N–C) groups is 2. The summed E-state index contributed by atoms with van der Waals surface area (Å²) in [6, 6.07) is 9.86. The van der Waals surface area contributed by atoms with Gasteiger partial charge in [0, 0.05) is 13.5 Å². The Morgan fingerprint density at radius 1 is 1.40 bits per heavy atom. The third-order valence-electron chi connectivity index (χ3n) is 2.03. The molecule has 0 unspecified atom stereocenters. The predicted molar refractivity (Wildman–Crippen MR) is 66.1 cm³/mol. The molecule has 0 aromatic heterocycles. The minimum absolute atomic E-state index is 0.590. The topological polar surface area (TPSA) is 50.7 Å². The van der Waals surface area contributed by atoms with E-state index in [2.05, 4.69) is 16.7 Å². The smallest absolute Gasteiger partial charge is 0.0972 e. The molecule has 0 bridgehead atoms. The molecule has 15 heavy (non-hydrogen) atoms. The second-order valence-corrected chi connectivity index (χ2v) is 3.03. The molecule has 1 rings (SSSR count). The van der Waals surface area contributed by atoms with Crippen molar-refractivity contribution in [1.29, 1.82) is 0 Å². The lowest BCUT2D eigenvalue weighted by molar-refractivity contribution is 1.30. The van der Waals surface area contributed by atoms with Crippen LogP contribution < -0.4 is 5.73 Å². The third kappa shape index (κ3) is 3.38. The first kappa shape index (κ1) is 11.2. The van der Waals surface area contributed by atoms with Crippen LogP contribution in [0.3, 0.4) is 0 Å². The standard InChI is InChI=1S/C12H15N3/c1-14-11(8-9-12(13)15-2)10-6-4-3-5-7-10/h3-8H,1,9H2,2H3,(H2,13,15). The molecule has 1 aromatic rings. The van der Waals surface area contributed by atoms with E-state index in [4.69, 9.17) is 5.73 Å². The summed E-state index contributed by atoms with van der Waals surface area (Å²) in [6.45, 7) is 3.54. The van der Waals surface area contributed by atoms with Gasteiger partial charge in [0.2, 0.25) is 0 Å². The predicted octanol–water partition coefficient (Wildman–Crippen LogP) is 2.11. The van der Waals surface area contributed by atoms with Crippen molar-refractivity contribution in [2.45, 2.75) is 6.42 Å². The van der Waals surface area contributed by atoms with Crippen LogP contribution in [0.1, 0.15) is 12.0 Å². The minimum atomic E-state index is 0.590. The zero-order valence-electron chi connectivity index (χ0n) is 8.85. The SMILES string of the molecule is C=NC(=CC/C(N)=N\C)c1ccccc1. The Morgan fingerprint density at radius 2 is 2.07 bits per heavy atom. The summed E-state index contributed by atoms with van der Waals surface area (Å²) in [5, 5.41) is 0. The van der Waals surface area contributed by atoms with Gasteiger partial charge in [-0.25, -0.2) is 0 Å². The highest BCUT2D eigenvalue weighted by Crippen LogP contribution is 2.15. The van der Waals surface area contributed by atoms with Crippen molar-refractivity contribution in [3.05, 3.63) is 42.0 Å². The Morgan fingerprint density at radius 3 is 2.60 bits per heavy atom. The lowest BCUT2D eigenvalue weighted by atomic mass is 10.1.